The standard InChI is InChI=1S/C49H33N3/c1-3-14-34(15-4-1)47-50-48(35-16-5-2-6-17-35)52-49(51-47)36-25-23-33(24-26-36)39-29-27-32-13-7-8-18-38(32)46(39)37-28-30-44-42-21-10-9-19-40(42)41-20-11-12-22-43(41)45(44)31-37/h1-28,30-31,39H,29H2. The molecule has 8 aromatic carbocycles. The SMILES string of the molecule is C1=c2ccccc2=C(c2ccc3c4ccccc4c4ccccc4c3c2)C(c2ccc(-c3nc(-c4ccccc4)nc(-c4ccccc4)n3)cc2)C1. The van der Waals surface area contributed by atoms with Gasteiger partial charge in [-0.2, -0.15) is 0 Å². The van der Waals surface area contributed by atoms with Gasteiger partial charge in [0.15, 0.2) is 17.5 Å². The Labute approximate surface area is 301 Å². The summed E-state index contributed by atoms with van der Waals surface area (Å²) in [5.41, 5.74) is 6.79. The molecule has 3 heteroatoms. The quantitative estimate of drug-likeness (QED) is 0.172. The van der Waals surface area contributed by atoms with Crippen LogP contribution in [0.3, 0.4) is 0 Å². The highest BCUT2D eigenvalue weighted by Crippen LogP contribution is 2.40. The highest BCUT2D eigenvalue weighted by atomic mass is 15.0. The minimum Gasteiger partial charge on any atom is -0.208 e. The minimum atomic E-state index is 0.186. The van der Waals surface area contributed by atoms with Crippen molar-refractivity contribution in [2.24, 2.45) is 0 Å². The minimum absolute atomic E-state index is 0.186. The van der Waals surface area contributed by atoms with Crippen molar-refractivity contribution in [1.82, 2.24) is 15.0 Å². The maximum Gasteiger partial charge on any atom is 0.164 e. The van der Waals surface area contributed by atoms with E-state index < -0.39 is 0 Å². The van der Waals surface area contributed by atoms with Gasteiger partial charge in [-0.05, 0) is 71.9 Å². The molecule has 10 rings (SSSR count). The Morgan fingerprint density at radius 2 is 0.808 bits per heavy atom. The fourth-order valence-corrected chi connectivity index (χ4v) is 8.01. The topological polar surface area (TPSA) is 38.7 Å². The van der Waals surface area contributed by atoms with Crippen molar-refractivity contribution in [1.29, 1.82) is 0 Å². The van der Waals surface area contributed by atoms with Crippen molar-refractivity contribution in [3.05, 3.63) is 197 Å². The van der Waals surface area contributed by atoms with Crippen molar-refractivity contribution in [2.45, 2.75) is 12.3 Å². The number of fused-ring (bicyclic) bond motifs is 7. The van der Waals surface area contributed by atoms with Crippen LogP contribution in [0.4, 0.5) is 0 Å². The predicted molar refractivity (Wildman–Crippen MR) is 215 cm³/mol. The van der Waals surface area contributed by atoms with E-state index in [0.29, 0.717) is 17.5 Å². The van der Waals surface area contributed by atoms with Gasteiger partial charge in [0, 0.05) is 22.6 Å². The largest absolute Gasteiger partial charge is 0.208 e. The molecule has 244 valence electrons. The van der Waals surface area contributed by atoms with Crippen LogP contribution in [0.25, 0.3) is 78.1 Å². The van der Waals surface area contributed by atoms with Crippen LogP contribution in [0.1, 0.15) is 23.5 Å². The van der Waals surface area contributed by atoms with Crippen LogP contribution in [-0.4, -0.2) is 15.0 Å². The van der Waals surface area contributed by atoms with Gasteiger partial charge in [-0.1, -0.05) is 176 Å². The smallest absolute Gasteiger partial charge is 0.164 e. The Kier molecular flexibility index (Phi) is 7.28. The lowest BCUT2D eigenvalue weighted by atomic mass is 9.79. The summed E-state index contributed by atoms with van der Waals surface area (Å²) in [6.45, 7) is 0. The Bertz CT molecular complexity index is 2820. The average Bonchev–Trinajstić information content (AvgIpc) is 3.24. The van der Waals surface area contributed by atoms with E-state index in [2.05, 4.69) is 121 Å². The van der Waals surface area contributed by atoms with Crippen LogP contribution in [0.2, 0.25) is 0 Å². The first-order valence-electron chi connectivity index (χ1n) is 17.9. The van der Waals surface area contributed by atoms with Gasteiger partial charge >= 0.3 is 0 Å². The molecule has 3 nitrogen and oxygen atoms in total. The number of benzene rings is 8. The van der Waals surface area contributed by atoms with Gasteiger partial charge in [-0.15, -0.1) is 0 Å². The zero-order chi connectivity index (χ0) is 34.4. The molecule has 1 heterocycles. The monoisotopic (exact) mass is 663 g/mol. The molecule has 0 amide bonds. The molecule has 0 radical (unpaired) electrons. The number of aromatic nitrogens is 3. The van der Waals surface area contributed by atoms with Crippen LogP contribution in [0.5, 0.6) is 0 Å². The van der Waals surface area contributed by atoms with Gasteiger partial charge in [-0.25, -0.2) is 15.0 Å². The molecule has 0 saturated carbocycles. The van der Waals surface area contributed by atoms with Gasteiger partial charge < -0.3 is 0 Å². The first-order chi connectivity index (χ1) is 25.8. The van der Waals surface area contributed by atoms with Crippen LogP contribution < -0.4 is 10.4 Å². The molecule has 1 aliphatic carbocycles. The summed E-state index contributed by atoms with van der Waals surface area (Å²) in [6, 6.07) is 62.7. The van der Waals surface area contributed by atoms with E-state index in [9.17, 15) is 0 Å². The lowest BCUT2D eigenvalue weighted by Gasteiger charge is -2.24. The third kappa shape index (κ3) is 5.18. The third-order valence-corrected chi connectivity index (χ3v) is 10.5. The maximum atomic E-state index is 4.98. The molecule has 1 unspecified atom stereocenters. The summed E-state index contributed by atoms with van der Waals surface area (Å²) < 4.78 is 0. The van der Waals surface area contributed by atoms with Gasteiger partial charge in [0.1, 0.15) is 0 Å². The normalized spacial score (nSPS) is 14.0. The summed E-state index contributed by atoms with van der Waals surface area (Å²) in [7, 11) is 0. The molecule has 1 atom stereocenters. The molecule has 1 aliphatic rings. The maximum absolute atomic E-state index is 4.98. The van der Waals surface area contributed by atoms with E-state index in [0.717, 1.165) is 23.1 Å². The molecule has 0 N–H and O–H groups in total. The first-order valence-corrected chi connectivity index (χ1v) is 17.9. The van der Waals surface area contributed by atoms with E-state index in [-0.39, 0.29) is 5.92 Å². The first kappa shape index (κ1) is 30.1. The number of nitrogens with zero attached hydrogens (tertiary/aromatic N) is 3. The molecule has 0 aliphatic heterocycles. The van der Waals surface area contributed by atoms with Crippen molar-refractivity contribution in [3.63, 3.8) is 0 Å². The van der Waals surface area contributed by atoms with E-state index >= 15 is 0 Å². The summed E-state index contributed by atoms with van der Waals surface area (Å²) >= 11 is 0. The molecule has 1 aromatic heterocycles. The Morgan fingerprint density at radius 3 is 1.38 bits per heavy atom. The van der Waals surface area contributed by atoms with Gasteiger partial charge in [0.05, 0.1) is 0 Å². The van der Waals surface area contributed by atoms with Crippen molar-refractivity contribution in [3.8, 4) is 34.2 Å². The van der Waals surface area contributed by atoms with Crippen molar-refractivity contribution in [2.75, 3.05) is 0 Å². The Morgan fingerprint density at radius 1 is 0.365 bits per heavy atom. The fourth-order valence-electron chi connectivity index (χ4n) is 8.01. The van der Waals surface area contributed by atoms with E-state index in [1.54, 1.807) is 0 Å². The highest BCUT2D eigenvalue weighted by Gasteiger charge is 2.23. The Balaban J connectivity index is 1.11. The summed E-state index contributed by atoms with van der Waals surface area (Å²) in [4.78, 5) is 14.8. The molecular formula is C49H33N3. The van der Waals surface area contributed by atoms with E-state index in [1.165, 1.54) is 59.5 Å². The van der Waals surface area contributed by atoms with E-state index in [1.807, 2.05) is 60.7 Å². The van der Waals surface area contributed by atoms with Gasteiger partial charge in [-0.3, -0.25) is 0 Å². The highest BCUT2D eigenvalue weighted by molar-refractivity contribution is 6.25. The molecule has 52 heavy (non-hydrogen) atoms. The lowest BCUT2D eigenvalue weighted by molar-refractivity contribution is 0.892. The van der Waals surface area contributed by atoms with Crippen LogP contribution in [-0.2, 0) is 0 Å². The third-order valence-electron chi connectivity index (χ3n) is 10.5. The van der Waals surface area contributed by atoms with E-state index in [4.69, 9.17) is 15.0 Å². The van der Waals surface area contributed by atoms with Crippen LogP contribution in [0, 0.1) is 0 Å². The molecule has 0 fully saturated rings. The molecule has 0 bridgehead atoms. The lowest BCUT2D eigenvalue weighted by Crippen LogP contribution is -2.32. The number of hydrogen-bond acceptors (Lipinski definition) is 3. The van der Waals surface area contributed by atoms with Crippen molar-refractivity contribution < 1.29 is 0 Å². The zero-order valence-electron chi connectivity index (χ0n) is 28.4. The van der Waals surface area contributed by atoms with Crippen LogP contribution >= 0.6 is 0 Å². The molecule has 0 spiro atoms. The summed E-state index contributed by atoms with van der Waals surface area (Å²) in [5.74, 6) is 2.18. The number of hydrogen-bond donors (Lipinski definition) is 0. The average molecular weight is 664 g/mol. The van der Waals surface area contributed by atoms with Crippen LogP contribution in [0.15, 0.2) is 176 Å². The molecule has 9 aromatic rings. The zero-order valence-corrected chi connectivity index (χ0v) is 28.4. The van der Waals surface area contributed by atoms with Gasteiger partial charge in [0.2, 0.25) is 0 Å². The summed E-state index contributed by atoms with van der Waals surface area (Å²) in [5, 5.41) is 10.3. The Hall–Kier alpha value is -6.71. The van der Waals surface area contributed by atoms with Crippen molar-refractivity contribution >= 4 is 44.0 Å². The fraction of sp³-hybridized carbons (Fsp3) is 0.0408. The number of rotatable bonds is 5. The predicted octanol–water partition coefficient (Wildman–Crippen LogP) is 10.5. The van der Waals surface area contributed by atoms with Gasteiger partial charge in [0.25, 0.3) is 0 Å². The summed E-state index contributed by atoms with van der Waals surface area (Å²) in [6.07, 6.45) is 3.32. The second kappa shape index (κ2) is 12.6. The molecular weight excluding hydrogens is 631 g/mol. The second-order valence-electron chi connectivity index (χ2n) is 13.5. The molecule has 0 saturated heterocycles. The second-order valence-corrected chi connectivity index (χ2v) is 13.5.